The Morgan fingerprint density at radius 1 is 0.336 bits per heavy atom. The molecular weight excluding hydrogens is 1360 g/mol. The predicted molar refractivity (Wildman–Crippen MR) is 430 cm³/mol. The number of hydrogen-bond acceptors (Lipinski definition) is 18. The maximum absolute atomic E-state index is 13.5. The van der Waals surface area contributed by atoms with Crippen molar-refractivity contribution in [3.05, 3.63) is 24.3 Å². The van der Waals surface area contributed by atoms with Crippen molar-refractivity contribution >= 4 is 5.91 Å². The van der Waals surface area contributed by atoms with Crippen LogP contribution in [-0.2, 0) is 33.2 Å². The minimum absolute atomic E-state index is 0.233. The molecule has 0 saturated carbocycles. The maximum atomic E-state index is 13.5. The van der Waals surface area contributed by atoms with Crippen LogP contribution in [0.4, 0.5) is 0 Å². The summed E-state index contributed by atoms with van der Waals surface area (Å²) in [6.07, 6.45) is 58.6. The van der Waals surface area contributed by atoms with E-state index in [1.165, 1.54) is 315 Å². The smallest absolute Gasteiger partial charge is 0.220 e. The number of amides is 1. The second-order valence-electron chi connectivity index (χ2n) is 32.4. The molecule has 1 amide bonds. The second-order valence-corrected chi connectivity index (χ2v) is 32.4. The summed E-state index contributed by atoms with van der Waals surface area (Å²) >= 11 is 0. The fourth-order valence-electron chi connectivity index (χ4n) is 15.6. The van der Waals surface area contributed by atoms with E-state index in [2.05, 4.69) is 43.5 Å². The van der Waals surface area contributed by atoms with Gasteiger partial charge in [0.2, 0.25) is 5.91 Å². The molecule has 19 heteroatoms. The second kappa shape index (κ2) is 68.7. The van der Waals surface area contributed by atoms with Crippen LogP contribution in [0.25, 0.3) is 0 Å². The van der Waals surface area contributed by atoms with Gasteiger partial charge >= 0.3 is 0 Å². The molecule has 12 N–H and O–H groups in total. The molecule has 107 heavy (non-hydrogen) atoms. The normalized spacial score (nSPS) is 25.6. The van der Waals surface area contributed by atoms with Crippen molar-refractivity contribution in [2.75, 3.05) is 26.4 Å². The molecule has 632 valence electrons. The van der Waals surface area contributed by atoms with Gasteiger partial charge in [0.05, 0.1) is 38.6 Å². The molecule has 3 heterocycles. The van der Waals surface area contributed by atoms with E-state index in [0.29, 0.717) is 12.8 Å². The topological polar surface area (TPSA) is 307 Å². The van der Waals surface area contributed by atoms with Gasteiger partial charge in [-0.15, -0.1) is 0 Å². The standard InChI is InChI=1S/C88H167NO18/c1-3-5-7-9-11-13-15-17-19-21-23-25-27-29-30-31-32-33-34-35-36-37-38-39-40-42-44-46-48-50-52-54-56-58-60-62-64-66-76(94)89-71(72(93)65-63-61-59-57-55-53-51-49-47-45-43-41-28-26-24-22-20-18-16-14-12-10-8-6-4-2)70-102-86-82(100)79(97)84(74(68-91)104-86)107-88-83(101)80(98)85(75(69-92)105-88)106-87-81(99)78(96)77(95)73(67-90)103-87/h15,17,21,23,71-75,77-88,90-93,95-101H,3-14,16,18-20,22,24-70H2,1-2H3,(H,89,94)/b17-15-,23-21-. The number of allylic oxidation sites excluding steroid dienone is 4. The number of hydrogen-bond donors (Lipinski definition) is 12. The molecule has 3 saturated heterocycles. The van der Waals surface area contributed by atoms with E-state index in [1.54, 1.807) is 0 Å². The number of carbonyl (C=O) groups excluding carboxylic acids is 1. The van der Waals surface area contributed by atoms with Gasteiger partial charge in [-0.1, -0.05) is 372 Å². The quantitative estimate of drug-likeness (QED) is 0.0199. The molecule has 3 aliphatic rings. The number of rotatable bonds is 74. The van der Waals surface area contributed by atoms with E-state index in [4.69, 9.17) is 28.4 Å². The fourth-order valence-corrected chi connectivity index (χ4v) is 15.6. The molecule has 3 fully saturated rings. The largest absolute Gasteiger partial charge is 0.394 e. The molecule has 0 aliphatic carbocycles. The van der Waals surface area contributed by atoms with Crippen LogP contribution in [0.2, 0.25) is 0 Å². The lowest BCUT2D eigenvalue weighted by Gasteiger charge is -2.48. The van der Waals surface area contributed by atoms with Gasteiger partial charge in [0.25, 0.3) is 0 Å². The first-order valence-electron chi connectivity index (χ1n) is 45.1. The summed E-state index contributed by atoms with van der Waals surface area (Å²) < 4.78 is 34.6. The van der Waals surface area contributed by atoms with Crippen LogP contribution in [0.15, 0.2) is 24.3 Å². The van der Waals surface area contributed by atoms with Gasteiger partial charge in [0.15, 0.2) is 18.9 Å². The van der Waals surface area contributed by atoms with E-state index in [1.807, 2.05) is 0 Å². The van der Waals surface area contributed by atoms with Gasteiger partial charge in [0, 0.05) is 6.42 Å². The van der Waals surface area contributed by atoms with Gasteiger partial charge in [-0.2, -0.15) is 0 Å². The monoisotopic (exact) mass is 1530 g/mol. The highest BCUT2D eigenvalue weighted by Gasteiger charge is 2.54. The number of aliphatic hydroxyl groups excluding tert-OH is 11. The number of nitrogens with one attached hydrogen (secondary N) is 1. The molecule has 3 aliphatic heterocycles. The summed E-state index contributed by atoms with van der Waals surface area (Å²) in [5.41, 5.74) is 0. The molecule has 19 nitrogen and oxygen atoms in total. The van der Waals surface area contributed by atoms with Gasteiger partial charge in [-0.25, -0.2) is 0 Å². The van der Waals surface area contributed by atoms with Gasteiger partial charge in [0.1, 0.15) is 73.2 Å². The molecular formula is C88H167NO18. The van der Waals surface area contributed by atoms with Crippen LogP contribution in [0.5, 0.6) is 0 Å². The van der Waals surface area contributed by atoms with Crippen molar-refractivity contribution in [3.8, 4) is 0 Å². The van der Waals surface area contributed by atoms with Crippen LogP contribution >= 0.6 is 0 Å². The fraction of sp³-hybridized carbons (Fsp3) is 0.943. The van der Waals surface area contributed by atoms with E-state index < -0.39 is 124 Å². The predicted octanol–water partition coefficient (Wildman–Crippen LogP) is 16.9. The lowest BCUT2D eigenvalue weighted by molar-refractivity contribution is -0.379. The summed E-state index contributed by atoms with van der Waals surface area (Å²) in [5, 5.41) is 121. The number of aliphatic hydroxyl groups is 11. The average Bonchev–Trinajstić information content (AvgIpc) is 0.781. The van der Waals surface area contributed by atoms with Crippen LogP contribution in [0.1, 0.15) is 399 Å². The number of ether oxygens (including phenoxy) is 6. The average molecular weight is 1530 g/mol. The molecule has 0 bridgehead atoms. The third-order valence-corrected chi connectivity index (χ3v) is 22.8. The summed E-state index contributed by atoms with van der Waals surface area (Å²) in [6, 6.07) is -0.886. The van der Waals surface area contributed by atoms with E-state index in [-0.39, 0.29) is 18.9 Å². The lowest BCUT2D eigenvalue weighted by atomic mass is 9.96. The number of unbranched alkanes of at least 4 members (excludes halogenated alkanes) is 54. The molecule has 0 spiro atoms. The maximum Gasteiger partial charge on any atom is 0.220 e. The van der Waals surface area contributed by atoms with Gasteiger partial charge < -0.3 is 89.9 Å². The lowest BCUT2D eigenvalue weighted by Crippen LogP contribution is -2.66. The highest BCUT2D eigenvalue weighted by Crippen LogP contribution is 2.34. The summed E-state index contributed by atoms with van der Waals surface area (Å²) in [4.78, 5) is 13.5. The van der Waals surface area contributed by atoms with Crippen molar-refractivity contribution in [2.45, 2.75) is 503 Å². The Hall–Kier alpha value is -1.73. The Morgan fingerprint density at radius 2 is 0.617 bits per heavy atom. The van der Waals surface area contributed by atoms with E-state index in [9.17, 15) is 61.0 Å². The zero-order chi connectivity index (χ0) is 77.4. The Balaban J connectivity index is 1.30. The first kappa shape index (κ1) is 99.5. The highest BCUT2D eigenvalue weighted by molar-refractivity contribution is 5.76. The van der Waals surface area contributed by atoms with Crippen molar-refractivity contribution in [1.82, 2.24) is 5.32 Å². The van der Waals surface area contributed by atoms with Crippen LogP contribution in [-0.4, -0.2) is 193 Å². The van der Waals surface area contributed by atoms with Crippen LogP contribution in [0, 0.1) is 0 Å². The minimum atomic E-state index is -1.97. The van der Waals surface area contributed by atoms with Crippen molar-refractivity contribution in [2.24, 2.45) is 0 Å². The van der Waals surface area contributed by atoms with E-state index >= 15 is 0 Å². The zero-order valence-electron chi connectivity index (χ0n) is 68.2. The molecule has 0 aromatic rings. The molecule has 0 aromatic carbocycles. The molecule has 17 atom stereocenters. The molecule has 3 rings (SSSR count). The Bertz CT molecular complexity index is 2020. The van der Waals surface area contributed by atoms with E-state index in [0.717, 1.165) is 51.4 Å². The first-order chi connectivity index (χ1) is 52.3. The highest BCUT2D eigenvalue weighted by atomic mass is 16.8. The van der Waals surface area contributed by atoms with Crippen LogP contribution < -0.4 is 5.32 Å². The van der Waals surface area contributed by atoms with Gasteiger partial charge in [-0.3, -0.25) is 4.79 Å². The molecule has 0 radical (unpaired) electrons. The first-order valence-corrected chi connectivity index (χ1v) is 45.1. The van der Waals surface area contributed by atoms with Gasteiger partial charge in [-0.05, 0) is 44.9 Å². The zero-order valence-corrected chi connectivity index (χ0v) is 68.2. The SMILES string of the molecule is CCCCCCC/C=C\C/C=C\CCCCCCCCCCCCCCCCCCCCCCCCCCCC(=O)NC(COC1OC(CO)C(OC2OC(CO)C(OC3OC(CO)C(O)C(O)C3O)C(O)C2O)C(O)C1O)C(O)CCCCCCCCCCCCCCCCCCCCCCCCCCC. The van der Waals surface area contributed by atoms with Crippen molar-refractivity contribution in [1.29, 1.82) is 0 Å². The third-order valence-electron chi connectivity index (χ3n) is 22.8. The Labute approximate surface area is 651 Å². The van der Waals surface area contributed by atoms with Crippen molar-refractivity contribution in [3.63, 3.8) is 0 Å². The third kappa shape index (κ3) is 47.7. The summed E-state index contributed by atoms with van der Waals surface area (Å²) in [6.45, 7) is 1.86. The summed E-state index contributed by atoms with van der Waals surface area (Å²) in [5.74, 6) is -0.233. The minimum Gasteiger partial charge on any atom is -0.394 e. The Kier molecular flexibility index (Phi) is 63.8. The summed E-state index contributed by atoms with van der Waals surface area (Å²) in [7, 11) is 0. The van der Waals surface area contributed by atoms with Crippen LogP contribution in [0.3, 0.4) is 0 Å². The molecule has 0 aromatic heterocycles. The number of carbonyl (C=O) groups is 1. The Morgan fingerprint density at radius 3 is 0.953 bits per heavy atom. The van der Waals surface area contributed by atoms with Crippen molar-refractivity contribution < 1.29 is 89.4 Å². The molecule has 17 unspecified atom stereocenters.